The third-order valence-electron chi connectivity index (χ3n) is 5.03. The Morgan fingerprint density at radius 3 is 2.45 bits per heavy atom. The minimum atomic E-state index is -0.470. The van der Waals surface area contributed by atoms with Gasteiger partial charge in [0.25, 0.3) is 5.91 Å². The summed E-state index contributed by atoms with van der Waals surface area (Å²) < 4.78 is 11.5. The van der Waals surface area contributed by atoms with Crippen molar-refractivity contribution in [2.75, 3.05) is 7.11 Å². The number of carbonyl (C=O) groups is 2. The summed E-state index contributed by atoms with van der Waals surface area (Å²) in [7, 11) is 1.50. The molecule has 1 amide bonds. The van der Waals surface area contributed by atoms with Gasteiger partial charge in [-0.3, -0.25) is 9.69 Å². The monoisotopic (exact) mass is 475 g/mol. The Balaban J connectivity index is 1.51. The normalized spacial score (nSPS) is 14.6. The van der Waals surface area contributed by atoms with Gasteiger partial charge in [0.15, 0.2) is 11.5 Å². The lowest BCUT2D eigenvalue weighted by atomic mass is 10.1. The molecule has 1 aliphatic rings. The maximum absolute atomic E-state index is 12.9. The van der Waals surface area contributed by atoms with E-state index in [1.54, 1.807) is 41.3 Å². The topological polar surface area (TPSA) is 55.8 Å². The summed E-state index contributed by atoms with van der Waals surface area (Å²) in [5, 5.41) is 0. The lowest BCUT2D eigenvalue weighted by molar-refractivity contribution is -0.122. The van der Waals surface area contributed by atoms with Crippen molar-refractivity contribution < 1.29 is 19.1 Å². The number of aryl methyl sites for hydroxylation is 1. The first-order chi connectivity index (χ1) is 15.9. The number of thiocarbonyl (C=S) groups is 1. The van der Waals surface area contributed by atoms with E-state index < -0.39 is 5.97 Å². The fraction of sp³-hybridized carbons (Fsp3) is 0.115. The number of methoxy groups -OCH3 is 1. The van der Waals surface area contributed by atoms with Gasteiger partial charge in [0.2, 0.25) is 0 Å². The van der Waals surface area contributed by atoms with Crippen LogP contribution in [-0.2, 0) is 11.3 Å². The van der Waals surface area contributed by atoms with Gasteiger partial charge in [0.05, 0.1) is 24.1 Å². The molecule has 0 aliphatic carbocycles. The molecule has 1 aliphatic heterocycles. The lowest BCUT2D eigenvalue weighted by Crippen LogP contribution is -2.27. The lowest BCUT2D eigenvalue weighted by Gasteiger charge is -2.14. The minimum absolute atomic E-state index is 0.136. The number of ether oxygens (including phenoxy) is 2. The van der Waals surface area contributed by atoms with Crippen LogP contribution in [-0.4, -0.2) is 28.2 Å². The second-order valence-corrected chi connectivity index (χ2v) is 9.10. The van der Waals surface area contributed by atoms with Crippen molar-refractivity contribution in [3.63, 3.8) is 0 Å². The van der Waals surface area contributed by atoms with Crippen LogP contribution in [0.5, 0.6) is 11.5 Å². The zero-order valence-electron chi connectivity index (χ0n) is 18.1. The van der Waals surface area contributed by atoms with Crippen LogP contribution in [0.1, 0.15) is 27.0 Å². The summed E-state index contributed by atoms with van der Waals surface area (Å²) in [5.74, 6) is 0.0892. The van der Waals surface area contributed by atoms with E-state index >= 15 is 0 Å². The number of benzene rings is 3. The van der Waals surface area contributed by atoms with Gasteiger partial charge >= 0.3 is 5.97 Å². The van der Waals surface area contributed by atoms with Gasteiger partial charge in [0, 0.05) is 0 Å². The first kappa shape index (κ1) is 22.8. The van der Waals surface area contributed by atoms with Crippen molar-refractivity contribution >= 4 is 46.3 Å². The molecule has 166 valence electrons. The van der Waals surface area contributed by atoms with Crippen LogP contribution in [0.3, 0.4) is 0 Å². The number of thioether (sulfide) groups is 1. The van der Waals surface area contributed by atoms with Crippen LogP contribution >= 0.6 is 24.0 Å². The number of carbonyl (C=O) groups excluding carboxylic acids is 2. The van der Waals surface area contributed by atoms with E-state index in [0.717, 1.165) is 16.7 Å². The molecule has 0 atom stereocenters. The van der Waals surface area contributed by atoms with Crippen molar-refractivity contribution in [2.45, 2.75) is 13.5 Å². The zero-order valence-corrected chi connectivity index (χ0v) is 19.7. The summed E-state index contributed by atoms with van der Waals surface area (Å²) in [6.07, 6.45) is 1.76. The zero-order chi connectivity index (χ0) is 23.4. The number of hydrogen-bond donors (Lipinski definition) is 0. The Morgan fingerprint density at radius 2 is 1.76 bits per heavy atom. The highest BCUT2D eigenvalue weighted by atomic mass is 32.2. The van der Waals surface area contributed by atoms with Crippen LogP contribution in [0.15, 0.2) is 77.7 Å². The van der Waals surface area contributed by atoms with E-state index in [2.05, 4.69) is 0 Å². The molecule has 0 N–H and O–H groups in total. The average Bonchev–Trinajstić information content (AvgIpc) is 3.08. The van der Waals surface area contributed by atoms with Crippen LogP contribution in [0.2, 0.25) is 0 Å². The van der Waals surface area contributed by atoms with Gasteiger partial charge < -0.3 is 9.47 Å². The summed E-state index contributed by atoms with van der Waals surface area (Å²) in [5.41, 5.74) is 3.26. The fourth-order valence-corrected chi connectivity index (χ4v) is 4.52. The summed E-state index contributed by atoms with van der Waals surface area (Å²) in [6, 6.07) is 22.0. The first-order valence-electron chi connectivity index (χ1n) is 10.2. The Hall–Kier alpha value is -3.42. The van der Waals surface area contributed by atoms with E-state index in [9.17, 15) is 9.59 Å². The van der Waals surface area contributed by atoms with E-state index in [-0.39, 0.29) is 5.91 Å². The van der Waals surface area contributed by atoms with E-state index in [1.165, 1.54) is 18.9 Å². The molecule has 33 heavy (non-hydrogen) atoms. The number of amides is 1. The molecule has 7 heteroatoms. The number of esters is 1. The average molecular weight is 476 g/mol. The van der Waals surface area contributed by atoms with Crippen molar-refractivity contribution in [2.24, 2.45) is 0 Å². The van der Waals surface area contributed by atoms with Crippen molar-refractivity contribution in [3.05, 3.63) is 100.0 Å². The molecule has 1 saturated heterocycles. The molecule has 1 heterocycles. The molecule has 0 bridgehead atoms. The van der Waals surface area contributed by atoms with Gasteiger partial charge in [-0.2, -0.15) is 0 Å². The van der Waals surface area contributed by atoms with E-state index in [0.29, 0.717) is 32.8 Å². The molecule has 0 spiro atoms. The third kappa shape index (κ3) is 5.32. The van der Waals surface area contributed by atoms with Gasteiger partial charge in [-0.25, -0.2) is 4.79 Å². The number of hydrogen-bond acceptors (Lipinski definition) is 6. The fourth-order valence-electron chi connectivity index (χ4n) is 3.26. The quantitative estimate of drug-likeness (QED) is 0.200. The van der Waals surface area contributed by atoms with Crippen LogP contribution in [0.4, 0.5) is 0 Å². The Bertz CT molecular complexity index is 1240. The predicted octanol–water partition coefficient (Wildman–Crippen LogP) is 5.62. The minimum Gasteiger partial charge on any atom is -0.493 e. The molecule has 1 fully saturated rings. The second kappa shape index (κ2) is 10.0. The van der Waals surface area contributed by atoms with Crippen molar-refractivity contribution in [1.29, 1.82) is 0 Å². The molecule has 0 aromatic heterocycles. The van der Waals surface area contributed by atoms with Gasteiger partial charge in [-0.15, -0.1) is 0 Å². The number of rotatable bonds is 6. The number of nitrogens with zero attached hydrogens (tertiary/aromatic N) is 1. The Labute approximate surface area is 202 Å². The maximum atomic E-state index is 12.9. The predicted molar refractivity (Wildman–Crippen MR) is 134 cm³/mol. The smallest absolute Gasteiger partial charge is 0.343 e. The highest BCUT2D eigenvalue weighted by Gasteiger charge is 2.32. The van der Waals surface area contributed by atoms with Crippen LogP contribution in [0, 0.1) is 6.92 Å². The Morgan fingerprint density at radius 1 is 1.03 bits per heavy atom. The highest BCUT2D eigenvalue weighted by Crippen LogP contribution is 2.35. The summed E-state index contributed by atoms with van der Waals surface area (Å²) >= 11 is 6.69. The molecule has 0 saturated carbocycles. The summed E-state index contributed by atoms with van der Waals surface area (Å²) in [4.78, 5) is 27.5. The van der Waals surface area contributed by atoms with E-state index in [4.69, 9.17) is 21.7 Å². The molecule has 4 rings (SSSR count). The molecule has 3 aromatic carbocycles. The maximum Gasteiger partial charge on any atom is 0.343 e. The molecule has 3 aromatic rings. The molecular formula is C26H21NO4S2. The highest BCUT2D eigenvalue weighted by molar-refractivity contribution is 8.26. The molecule has 0 unspecified atom stereocenters. The van der Waals surface area contributed by atoms with Gasteiger partial charge in [-0.05, 0) is 48.4 Å². The molecular weight excluding hydrogens is 454 g/mol. The van der Waals surface area contributed by atoms with Crippen LogP contribution < -0.4 is 9.47 Å². The summed E-state index contributed by atoms with van der Waals surface area (Å²) in [6.45, 7) is 2.38. The largest absolute Gasteiger partial charge is 0.493 e. The van der Waals surface area contributed by atoms with Crippen molar-refractivity contribution in [1.82, 2.24) is 4.90 Å². The third-order valence-corrected chi connectivity index (χ3v) is 6.41. The Kier molecular flexibility index (Phi) is 6.91. The van der Waals surface area contributed by atoms with Gasteiger partial charge in [-0.1, -0.05) is 78.1 Å². The van der Waals surface area contributed by atoms with Crippen molar-refractivity contribution in [3.8, 4) is 11.5 Å². The van der Waals surface area contributed by atoms with E-state index in [1.807, 2.05) is 49.4 Å². The SMILES string of the molecule is COc1cc(C=C2SC(=S)N(Cc3ccccc3)C2=O)ccc1OC(=O)c1ccc(C)cc1. The molecule has 5 nitrogen and oxygen atoms in total. The van der Waals surface area contributed by atoms with Gasteiger partial charge in [0.1, 0.15) is 4.32 Å². The molecule has 0 radical (unpaired) electrons. The van der Waals surface area contributed by atoms with Crippen LogP contribution in [0.25, 0.3) is 6.08 Å². The second-order valence-electron chi connectivity index (χ2n) is 7.42. The standard InChI is InChI=1S/C26H21NO4S2/c1-17-8-11-20(12-9-17)25(29)31-21-13-10-19(14-22(21)30-2)15-23-24(28)27(26(32)33-23)16-18-6-4-3-5-7-18/h3-15H,16H2,1-2H3. The first-order valence-corrected chi connectivity index (χ1v) is 11.4.